The van der Waals surface area contributed by atoms with Crippen LogP contribution in [-0.2, 0) is 0 Å². The molecule has 3 heteroatoms. The lowest BCUT2D eigenvalue weighted by atomic mass is 10.0. The highest BCUT2D eigenvalue weighted by atomic mass is 19.1. The van der Waals surface area contributed by atoms with Gasteiger partial charge in [0.05, 0.1) is 0 Å². The number of hydrogen-bond donors (Lipinski definition) is 1. The predicted molar refractivity (Wildman–Crippen MR) is 73.6 cm³/mol. The highest BCUT2D eigenvalue weighted by molar-refractivity contribution is 5.28. The number of aryl methyl sites for hydroxylation is 1. The zero-order chi connectivity index (χ0) is 13.6. The fourth-order valence-electron chi connectivity index (χ4n) is 1.68. The van der Waals surface area contributed by atoms with Crippen molar-refractivity contribution in [3.8, 4) is 5.75 Å². The van der Waals surface area contributed by atoms with Crippen LogP contribution in [0.4, 0.5) is 4.39 Å². The Hall–Kier alpha value is -1.09. The third-order valence-corrected chi connectivity index (χ3v) is 3.18. The van der Waals surface area contributed by atoms with Crippen molar-refractivity contribution in [2.45, 2.75) is 46.1 Å². The first-order valence-corrected chi connectivity index (χ1v) is 6.66. The Kier molecular flexibility index (Phi) is 5.60. The normalized spacial score (nSPS) is 14.3. The molecule has 1 atom stereocenters. The molecule has 0 fully saturated rings. The van der Waals surface area contributed by atoms with E-state index < -0.39 is 0 Å². The fourth-order valence-corrected chi connectivity index (χ4v) is 1.68. The number of halogens is 1. The summed E-state index contributed by atoms with van der Waals surface area (Å²) in [6.45, 7) is 9.76. The van der Waals surface area contributed by atoms with Crippen molar-refractivity contribution in [3.63, 3.8) is 0 Å². The zero-order valence-corrected chi connectivity index (χ0v) is 11.8. The number of benzene rings is 1. The van der Waals surface area contributed by atoms with E-state index in [4.69, 9.17) is 4.74 Å². The van der Waals surface area contributed by atoms with Gasteiger partial charge >= 0.3 is 0 Å². The molecule has 0 radical (unpaired) electrons. The Morgan fingerprint density at radius 3 is 2.61 bits per heavy atom. The minimum Gasteiger partial charge on any atom is -0.486 e. The molecule has 0 amide bonds. The monoisotopic (exact) mass is 253 g/mol. The van der Waals surface area contributed by atoms with E-state index in [9.17, 15) is 4.39 Å². The van der Waals surface area contributed by atoms with Gasteiger partial charge in [-0.2, -0.15) is 0 Å². The molecular weight excluding hydrogens is 229 g/mol. The number of ether oxygens (including phenoxy) is 1. The van der Waals surface area contributed by atoms with Crippen LogP contribution in [0.5, 0.6) is 5.75 Å². The first kappa shape index (κ1) is 15.0. The summed E-state index contributed by atoms with van der Waals surface area (Å²) < 4.78 is 19.4. The Morgan fingerprint density at radius 2 is 2.06 bits per heavy atom. The maximum Gasteiger partial charge on any atom is 0.129 e. The fraction of sp³-hybridized carbons (Fsp3) is 0.600. The van der Waals surface area contributed by atoms with E-state index in [0.29, 0.717) is 11.3 Å². The van der Waals surface area contributed by atoms with Crippen molar-refractivity contribution >= 4 is 0 Å². The standard InChI is InChI=1S/C15H24FNO/c1-5-9-17-11-15(4,6-2)18-13-8-7-12(3)14(16)10-13/h7-8,10,17H,5-6,9,11H2,1-4H3. The lowest BCUT2D eigenvalue weighted by Crippen LogP contribution is -2.42. The SMILES string of the molecule is CCCNCC(C)(CC)Oc1ccc(C)c(F)c1. The van der Waals surface area contributed by atoms with Crippen LogP contribution in [-0.4, -0.2) is 18.7 Å². The quantitative estimate of drug-likeness (QED) is 0.748. The molecule has 0 bridgehead atoms. The predicted octanol–water partition coefficient (Wildman–Crippen LogP) is 3.68. The van der Waals surface area contributed by atoms with Gasteiger partial charge in [-0.25, -0.2) is 4.39 Å². The second kappa shape index (κ2) is 6.74. The van der Waals surface area contributed by atoms with Crippen molar-refractivity contribution in [1.82, 2.24) is 5.32 Å². The molecule has 1 aromatic rings. The second-order valence-electron chi connectivity index (χ2n) is 4.99. The van der Waals surface area contributed by atoms with Crippen LogP contribution < -0.4 is 10.1 Å². The van der Waals surface area contributed by atoms with E-state index in [1.165, 1.54) is 6.07 Å². The summed E-state index contributed by atoms with van der Waals surface area (Å²) in [4.78, 5) is 0. The minimum absolute atomic E-state index is 0.215. The van der Waals surface area contributed by atoms with Gasteiger partial charge in [-0.3, -0.25) is 0 Å². The van der Waals surface area contributed by atoms with E-state index in [-0.39, 0.29) is 11.4 Å². The third kappa shape index (κ3) is 4.30. The maximum absolute atomic E-state index is 13.5. The summed E-state index contributed by atoms with van der Waals surface area (Å²) >= 11 is 0. The molecule has 0 heterocycles. The van der Waals surface area contributed by atoms with Gasteiger partial charge in [0.15, 0.2) is 0 Å². The molecule has 2 nitrogen and oxygen atoms in total. The van der Waals surface area contributed by atoms with Gasteiger partial charge in [0, 0.05) is 12.6 Å². The van der Waals surface area contributed by atoms with Crippen LogP contribution in [0.25, 0.3) is 0 Å². The largest absolute Gasteiger partial charge is 0.486 e. The Balaban J connectivity index is 2.68. The third-order valence-electron chi connectivity index (χ3n) is 3.18. The average Bonchev–Trinajstić information content (AvgIpc) is 2.34. The number of hydrogen-bond acceptors (Lipinski definition) is 2. The van der Waals surface area contributed by atoms with Crippen LogP contribution >= 0.6 is 0 Å². The van der Waals surface area contributed by atoms with Crippen molar-refractivity contribution < 1.29 is 9.13 Å². The van der Waals surface area contributed by atoms with E-state index in [1.54, 1.807) is 13.0 Å². The van der Waals surface area contributed by atoms with Gasteiger partial charge in [-0.05, 0) is 44.9 Å². The lowest BCUT2D eigenvalue weighted by Gasteiger charge is -2.30. The highest BCUT2D eigenvalue weighted by Gasteiger charge is 2.23. The summed E-state index contributed by atoms with van der Waals surface area (Å²) in [5.74, 6) is 0.383. The number of rotatable bonds is 7. The second-order valence-corrected chi connectivity index (χ2v) is 4.99. The Labute approximate surface area is 110 Å². The molecule has 1 aromatic carbocycles. The summed E-state index contributed by atoms with van der Waals surface area (Å²) in [7, 11) is 0. The van der Waals surface area contributed by atoms with Crippen LogP contribution in [0.2, 0.25) is 0 Å². The van der Waals surface area contributed by atoms with E-state index in [1.807, 2.05) is 13.0 Å². The smallest absolute Gasteiger partial charge is 0.129 e. The van der Waals surface area contributed by atoms with Gasteiger partial charge in [0.25, 0.3) is 0 Å². The Morgan fingerprint density at radius 1 is 1.33 bits per heavy atom. The topological polar surface area (TPSA) is 21.3 Å². The minimum atomic E-state index is -0.295. The van der Waals surface area contributed by atoms with Gasteiger partial charge in [0.1, 0.15) is 17.2 Å². The molecule has 0 spiro atoms. The van der Waals surface area contributed by atoms with E-state index in [0.717, 1.165) is 25.9 Å². The molecule has 0 saturated heterocycles. The first-order chi connectivity index (χ1) is 8.50. The molecule has 1 unspecified atom stereocenters. The first-order valence-electron chi connectivity index (χ1n) is 6.66. The molecule has 1 rings (SSSR count). The average molecular weight is 253 g/mol. The molecule has 1 N–H and O–H groups in total. The van der Waals surface area contributed by atoms with Crippen LogP contribution in [0.3, 0.4) is 0 Å². The molecule has 18 heavy (non-hydrogen) atoms. The van der Waals surface area contributed by atoms with Gasteiger partial charge in [-0.15, -0.1) is 0 Å². The van der Waals surface area contributed by atoms with Crippen molar-refractivity contribution in [2.75, 3.05) is 13.1 Å². The molecule has 0 aliphatic rings. The van der Waals surface area contributed by atoms with Crippen molar-refractivity contribution in [2.24, 2.45) is 0 Å². The van der Waals surface area contributed by atoms with Crippen LogP contribution in [0.1, 0.15) is 39.2 Å². The molecule has 0 aromatic heterocycles. The van der Waals surface area contributed by atoms with Gasteiger partial charge in [-0.1, -0.05) is 19.9 Å². The Bertz CT molecular complexity index is 381. The molecule has 0 aliphatic carbocycles. The van der Waals surface area contributed by atoms with E-state index in [2.05, 4.69) is 19.2 Å². The maximum atomic E-state index is 13.5. The van der Waals surface area contributed by atoms with Crippen LogP contribution in [0.15, 0.2) is 18.2 Å². The summed E-state index contributed by atoms with van der Waals surface area (Å²) in [6.07, 6.45) is 1.97. The lowest BCUT2D eigenvalue weighted by molar-refractivity contribution is 0.0833. The summed E-state index contributed by atoms with van der Waals surface area (Å²) in [5.41, 5.74) is 0.348. The molecule has 0 aliphatic heterocycles. The van der Waals surface area contributed by atoms with E-state index >= 15 is 0 Å². The summed E-state index contributed by atoms with van der Waals surface area (Å²) in [6, 6.07) is 5.04. The highest BCUT2D eigenvalue weighted by Crippen LogP contribution is 2.23. The zero-order valence-electron chi connectivity index (χ0n) is 11.8. The molecule has 0 saturated carbocycles. The molecular formula is C15H24FNO. The van der Waals surface area contributed by atoms with Gasteiger partial charge < -0.3 is 10.1 Å². The number of nitrogens with one attached hydrogen (secondary N) is 1. The van der Waals surface area contributed by atoms with Crippen molar-refractivity contribution in [1.29, 1.82) is 0 Å². The summed E-state index contributed by atoms with van der Waals surface area (Å²) in [5, 5.41) is 3.35. The van der Waals surface area contributed by atoms with Crippen LogP contribution in [0, 0.1) is 12.7 Å². The van der Waals surface area contributed by atoms with Gasteiger partial charge in [0.2, 0.25) is 0 Å². The molecule has 102 valence electrons. The van der Waals surface area contributed by atoms with Crippen molar-refractivity contribution in [3.05, 3.63) is 29.6 Å².